The number of hydrogen-bond donors (Lipinski definition) is 1. The highest BCUT2D eigenvalue weighted by Gasteiger charge is 2.30. The highest BCUT2D eigenvalue weighted by Crippen LogP contribution is 2.47. The zero-order chi connectivity index (χ0) is 13.7. The van der Waals surface area contributed by atoms with Crippen molar-refractivity contribution >= 4 is 23.9 Å². The smallest absolute Gasteiger partial charge is 0.421 e. The molecule has 1 atom stereocenters. The van der Waals surface area contributed by atoms with Crippen LogP contribution in [0.2, 0.25) is 0 Å². The lowest BCUT2D eigenvalue weighted by atomic mass is 10.3. The molecule has 100 valence electrons. The minimum Gasteiger partial charge on any atom is -0.421 e. The van der Waals surface area contributed by atoms with Crippen LogP contribution in [0.3, 0.4) is 0 Å². The molecule has 0 saturated heterocycles. The summed E-state index contributed by atoms with van der Waals surface area (Å²) in [5.41, 5.74) is 0. The maximum atomic E-state index is 12.6. The fraction of sp³-hybridized carbons (Fsp3) is 0. The van der Waals surface area contributed by atoms with Crippen molar-refractivity contribution < 1.29 is 21.5 Å². The van der Waals surface area contributed by atoms with Gasteiger partial charge in [-0.15, -0.1) is 0 Å². The molecule has 0 spiro atoms. The van der Waals surface area contributed by atoms with E-state index in [9.17, 15) is 13.0 Å². The molecule has 0 heterocycles. The average Bonchev–Trinajstić information content (AvgIpc) is 2.40. The summed E-state index contributed by atoms with van der Waals surface area (Å²) < 4.78 is 43.8. The van der Waals surface area contributed by atoms with E-state index in [0.29, 0.717) is 0 Å². The Morgan fingerprint density at radius 3 is 1.89 bits per heavy atom. The molecule has 0 saturated carbocycles. The van der Waals surface area contributed by atoms with Crippen molar-refractivity contribution in [1.82, 2.24) is 0 Å². The van der Waals surface area contributed by atoms with Gasteiger partial charge in [-0.3, -0.25) is 0 Å². The summed E-state index contributed by atoms with van der Waals surface area (Å²) in [7, 11) is -7.24. The highest BCUT2D eigenvalue weighted by molar-refractivity contribution is 7.78. The third kappa shape index (κ3) is 3.67. The van der Waals surface area contributed by atoms with E-state index in [1.54, 1.807) is 48.5 Å². The van der Waals surface area contributed by atoms with Crippen LogP contribution < -0.4 is 9.83 Å². The summed E-state index contributed by atoms with van der Waals surface area (Å²) in [5, 5.41) is 0.179. The summed E-state index contributed by atoms with van der Waals surface area (Å²) in [6.07, 6.45) is 0. The highest BCUT2D eigenvalue weighted by atomic mass is 32.2. The molecule has 0 fully saturated rings. The summed E-state index contributed by atoms with van der Waals surface area (Å²) >= 11 is 0. The van der Waals surface area contributed by atoms with Crippen molar-refractivity contribution in [3.8, 4) is 5.75 Å². The fourth-order valence-corrected chi connectivity index (χ4v) is 3.69. The van der Waals surface area contributed by atoms with E-state index in [0.717, 1.165) is 0 Å². The monoisotopic (exact) mass is 298 g/mol. The Hall–Kier alpha value is -1.62. The van der Waals surface area contributed by atoms with Crippen LogP contribution in [-0.4, -0.2) is 8.42 Å². The van der Waals surface area contributed by atoms with Gasteiger partial charge in [0.15, 0.2) is 0 Å². The first-order chi connectivity index (χ1) is 9.10. The normalized spacial score (nSPS) is 13.9. The van der Waals surface area contributed by atoms with Crippen molar-refractivity contribution in [2.75, 3.05) is 0 Å². The molecule has 2 aromatic carbocycles. The number of thiol groups is 1. The minimum atomic E-state index is -3.95. The van der Waals surface area contributed by atoms with E-state index in [2.05, 4.69) is 3.97 Å². The number of benzene rings is 2. The zero-order valence-corrected chi connectivity index (χ0v) is 11.5. The molecule has 2 rings (SSSR count). The van der Waals surface area contributed by atoms with Crippen molar-refractivity contribution in [2.45, 2.75) is 0 Å². The molecule has 19 heavy (non-hydrogen) atoms. The number of para-hydroxylation sites is 1. The SMILES string of the molecule is O=[SH](=O)OP(=O)(Oc1ccccc1)c1ccccc1. The molecule has 0 aliphatic heterocycles. The Bertz CT molecular complexity index is 646. The van der Waals surface area contributed by atoms with E-state index in [4.69, 9.17) is 4.52 Å². The van der Waals surface area contributed by atoms with E-state index >= 15 is 0 Å². The van der Waals surface area contributed by atoms with E-state index in [1.165, 1.54) is 12.1 Å². The van der Waals surface area contributed by atoms with Gasteiger partial charge < -0.3 is 4.52 Å². The molecule has 7 heteroatoms. The second-order valence-corrected chi connectivity index (χ2v) is 6.34. The van der Waals surface area contributed by atoms with Crippen LogP contribution in [0.15, 0.2) is 60.7 Å². The lowest BCUT2D eigenvalue weighted by molar-refractivity contribution is 0.403. The predicted molar refractivity (Wildman–Crippen MR) is 72.2 cm³/mol. The summed E-state index contributed by atoms with van der Waals surface area (Å²) in [5.74, 6) is 0.270. The lowest BCUT2D eigenvalue weighted by Crippen LogP contribution is -2.11. The Balaban J connectivity index is 2.38. The quantitative estimate of drug-likeness (QED) is 0.676. The Labute approximate surface area is 112 Å². The van der Waals surface area contributed by atoms with Gasteiger partial charge in [-0.25, -0.2) is 13.0 Å². The molecule has 0 aliphatic carbocycles. The molecule has 0 radical (unpaired) electrons. The van der Waals surface area contributed by atoms with Crippen LogP contribution in [0.1, 0.15) is 0 Å². The summed E-state index contributed by atoms with van der Waals surface area (Å²) in [6.45, 7) is 0. The third-order valence-corrected chi connectivity index (χ3v) is 4.99. The van der Waals surface area contributed by atoms with Gasteiger partial charge in [0, 0.05) is 0 Å². The van der Waals surface area contributed by atoms with Gasteiger partial charge in [0.05, 0.1) is 5.30 Å². The molecule has 0 N–H and O–H groups in total. The molecule has 0 amide bonds. The topological polar surface area (TPSA) is 69.7 Å². The van der Waals surface area contributed by atoms with Gasteiger partial charge in [-0.05, 0) is 24.3 Å². The van der Waals surface area contributed by atoms with Crippen molar-refractivity contribution in [1.29, 1.82) is 0 Å². The van der Waals surface area contributed by atoms with Gasteiger partial charge in [0.25, 0.3) is 11.0 Å². The van der Waals surface area contributed by atoms with Crippen molar-refractivity contribution in [3.05, 3.63) is 60.7 Å². The zero-order valence-electron chi connectivity index (χ0n) is 9.71. The lowest BCUT2D eigenvalue weighted by Gasteiger charge is -2.16. The third-order valence-electron chi connectivity index (χ3n) is 2.22. The van der Waals surface area contributed by atoms with E-state index in [-0.39, 0.29) is 11.1 Å². The van der Waals surface area contributed by atoms with Crippen molar-refractivity contribution in [3.63, 3.8) is 0 Å². The van der Waals surface area contributed by atoms with Gasteiger partial charge in [-0.2, -0.15) is 3.97 Å². The van der Waals surface area contributed by atoms with Gasteiger partial charge in [0.2, 0.25) is 0 Å². The van der Waals surface area contributed by atoms with Gasteiger partial charge in [-0.1, -0.05) is 36.4 Å². The first kappa shape index (κ1) is 13.8. The second kappa shape index (κ2) is 6.02. The summed E-state index contributed by atoms with van der Waals surface area (Å²) in [6, 6.07) is 16.2. The van der Waals surface area contributed by atoms with E-state index in [1.807, 2.05) is 0 Å². The second-order valence-electron chi connectivity index (χ2n) is 3.54. The molecular formula is C12H11O5PS. The van der Waals surface area contributed by atoms with Crippen LogP contribution >= 0.6 is 7.60 Å². The van der Waals surface area contributed by atoms with Crippen LogP contribution in [-0.2, 0) is 19.5 Å². The average molecular weight is 298 g/mol. The molecular weight excluding hydrogens is 287 g/mol. The molecule has 2 aromatic rings. The largest absolute Gasteiger partial charge is 0.425 e. The maximum absolute atomic E-state index is 12.6. The van der Waals surface area contributed by atoms with E-state index < -0.39 is 18.6 Å². The molecule has 0 aliphatic rings. The van der Waals surface area contributed by atoms with Crippen LogP contribution in [0, 0.1) is 0 Å². The Morgan fingerprint density at radius 1 is 0.842 bits per heavy atom. The first-order valence-electron chi connectivity index (χ1n) is 5.34. The number of hydrogen-bond acceptors (Lipinski definition) is 5. The summed E-state index contributed by atoms with van der Waals surface area (Å²) in [4.78, 5) is 0. The maximum Gasteiger partial charge on any atom is 0.425 e. The Morgan fingerprint density at radius 2 is 1.37 bits per heavy atom. The van der Waals surface area contributed by atoms with Crippen LogP contribution in [0.4, 0.5) is 0 Å². The van der Waals surface area contributed by atoms with Gasteiger partial charge in [0.1, 0.15) is 5.75 Å². The standard InChI is InChI=1S/C12H11O5PS/c13-18(17-19(14)15,12-9-5-2-6-10-12)16-11-7-3-1-4-8-11/h1-10,19H. The number of rotatable bonds is 5. The molecule has 5 nitrogen and oxygen atoms in total. The molecule has 0 aromatic heterocycles. The fourth-order valence-electron chi connectivity index (χ4n) is 1.43. The predicted octanol–water partition coefficient (Wildman–Crippen LogP) is 2.13. The van der Waals surface area contributed by atoms with Crippen LogP contribution in [0.25, 0.3) is 0 Å². The minimum absolute atomic E-state index is 0.179. The molecule has 1 unspecified atom stereocenters. The van der Waals surface area contributed by atoms with Crippen LogP contribution in [0.5, 0.6) is 5.75 Å². The van der Waals surface area contributed by atoms with Crippen molar-refractivity contribution in [2.24, 2.45) is 0 Å². The first-order valence-corrected chi connectivity index (χ1v) is 7.98. The Kier molecular flexibility index (Phi) is 4.37. The molecule has 0 bridgehead atoms. The van der Waals surface area contributed by atoms with Gasteiger partial charge >= 0.3 is 7.60 Å².